The van der Waals surface area contributed by atoms with Gasteiger partial charge in [-0.15, -0.1) is 0 Å². The molecule has 1 aliphatic heterocycles. The third-order valence-electron chi connectivity index (χ3n) is 3.24. The third-order valence-corrected chi connectivity index (χ3v) is 3.24. The van der Waals surface area contributed by atoms with Crippen LogP contribution >= 0.6 is 0 Å². The molecular formula is C18H13FO2. The molecule has 104 valence electrons. The molecule has 2 nitrogen and oxygen atoms in total. The van der Waals surface area contributed by atoms with Crippen molar-refractivity contribution in [2.24, 2.45) is 0 Å². The van der Waals surface area contributed by atoms with Crippen LogP contribution in [0, 0.1) is 5.82 Å². The molecule has 0 fully saturated rings. The molecule has 0 radical (unpaired) electrons. The first-order valence-corrected chi connectivity index (χ1v) is 6.63. The maximum atomic E-state index is 13.5. The topological polar surface area (TPSA) is 26.3 Å². The Morgan fingerprint density at radius 3 is 2.71 bits per heavy atom. The van der Waals surface area contributed by atoms with Crippen LogP contribution in [0.1, 0.15) is 15.9 Å². The van der Waals surface area contributed by atoms with Crippen LogP contribution in [-0.2, 0) is 0 Å². The predicted molar refractivity (Wildman–Crippen MR) is 79.8 cm³/mol. The largest absolute Gasteiger partial charge is 0.488 e. The van der Waals surface area contributed by atoms with Crippen molar-refractivity contribution in [3.05, 3.63) is 83.2 Å². The molecule has 0 unspecified atom stereocenters. The van der Waals surface area contributed by atoms with E-state index in [9.17, 15) is 9.18 Å². The second kappa shape index (κ2) is 5.75. The Bertz CT molecular complexity index is 744. The number of benzene rings is 2. The average Bonchev–Trinajstić information content (AvgIpc) is 2.53. The van der Waals surface area contributed by atoms with Gasteiger partial charge in [0.15, 0.2) is 5.78 Å². The van der Waals surface area contributed by atoms with Crippen molar-refractivity contribution in [2.75, 3.05) is 6.61 Å². The summed E-state index contributed by atoms with van der Waals surface area (Å²) in [6, 6.07) is 13.6. The van der Waals surface area contributed by atoms with Gasteiger partial charge in [0, 0.05) is 5.56 Å². The summed E-state index contributed by atoms with van der Waals surface area (Å²) in [6.07, 6.45) is 5.01. The number of allylic oxidation sites excluding steroid dienone is 1. The van der Waals surface area contributed by atoms with Gasteiger partial charge in [-0.25, -0.2) is 4.39 Å². The molecule has 1 heterocycles. The lowest BCUT2D eigenvalue weighted by Crippen LogP contribution is -2.06. The van der Waals surface area contributed by atoms with Crippen LogP contribution in [0.2, 0.25) is 0 Å². The molecule has 0 N–H and O–H groups in total. The molecule has 0 saturated carbocycles. The van der Waals surface area contributed by atoms with Crippen LogP contribution < -0.4 is 4.74 Å². The summed E-state index contributed by atoms with van der Waals surface area (Å²) in [7, 11) is 0. The van der Waals surface area contributed by atoms with Crippen molar-refractivity contribution in [3.63, 3.8) is 0 Å². The molecule has 0 atom stereocenters. The van der Waals surface area contributed by atoms with Gasteiger partial charge in [0.05, 0.1) is 5.56 Å². The second-order valence-electron chi connectivity index (χ2n) is 4.72. The molecule has 0 spiro atoms. The molecule has 1 aliphatic rings. The van der Waals surface area contributed by atoms with Gasteiger partial charge in [-0.3, -0.25) is 4.79 Å². The number of ketones is 1. The number of hydrogen-bond acceptors (Lipinski definition) is 2. The summed E-state index contributed by atoms with van der Waals surface area (Å²) >= 11 is 0. The minimum atomic E-state index is -0.508. The average molecular weight is 280 g/mol. The monoisotopic (exact) mass is 280 g/mol. The smallest absolute Gasteiger partial charge is 0.188 e. The molecule has 0 amide bonds. The number of carbonyl (C=O) groups is 1. The lowest BCUT2D eigenvalue weighted by Gasteiger charge is -2.15. The fourth-order valence-electron chi connectivity index (χ4n) is 2.16. The van der Waals surface area contributed by atoms with E-state index >= 15 is 0 Å². The molecule has 2 aromatic carbocycles. The first-order valence-electron chi connectivity index (χ1n) is 6.63. The Hall–Kier alpha value is -2.68. The SMILES string of the molecule is O=C(/C=C/C1=Cc2ccccc2OC1)c1ccccc1F. The number of hydrogen-bond donors (Lipinski definition) is 0. The maximum absolute atomic E-state index is 13.5. The Morgan fingerprint density at radius 1 is 1.10 bits per heavy atom. The summed E-state index contributed by atoms with van der Waals surface area (Å²) < 4.78 is 19.1. The maximum Gasteiger partial charge on any atom is 0.188 e. The summed E-state index contributed by atoms with van der Waals surface area (Å²) in [5, 5.41) is 0. The van der Waals surface area contributed by atoms with Crippen molar-refractivity contribution in [1.82, 2.24) is 0 Å². The van der Waals surface area contributed by atoms with Gasteiger partial charge in [0.1, 0.15) is 18.2 Å². The van der Waals surface area contributed by atoms with E-state index < -0.39 is 5.82 Å². The van der Waals surface area contributed by atoms with E-state index in [1.807, 2.05) is 30.3 Å². The summed E-state index contributed by atoms with van der Waals surface area (Å²) in [5.74, 6) is -0.0330. The Balaban J connectivity index is 1.80. The first kappa shape index (κ1) is 13.3. The van der Waals surface area contributed by atoms with Crippen molar-refractivity contribution in [3.8, 4) is 5.75 Å². The number of fused-ring (bicyclic) bond motifs is 1. The van der Waals surface area contributed by atoms with Gasteiger partial charge >= 0.3 is 0 Å². The molecule has 0 aliphatic carbocycles. The first-order chi connectivity index (χ1) is 10.2. The predicted octanol–water partition coefficient (Wildman–Crippen LogP) is 4.04. The van der Waals surface area contributed by atoms with Crippen molar-refractivity contribution in [2.45, 2.75) is 0 Å². The molecule has 3 rings (SSSR count). The van der Waals surface area contributed by atoms with Crippen LogP contribution in [0.3, 0.4) is 0 Å². The van der Waals surface area contributed by atoms with Gasteiger partial charge in [0.25, 0.3) is 0 Å². The highest BCUT2D eigenvalue weighted by atomic mass is 19.1. The number of rotatable bonds is 3. The number of ether oxygens (including phenoxy) is 1. The van der Waals surface area contributed by atoms with E-state index in [4.69, 9.17) is 4.74 Å². The zero-order valence-electron chi connectivity index (χ0n) is 11.3. The zero-order chi connectivity index (χ0) is 14.7. The van der Waals surface area contributed by atoms with E-state index in [0.29, 0.717) is 6.61 Å². The van der Waals surface area contributed by atoms with Crippen LogP contribution in [0.5, 0.6) is 5.75 Å². The van der Waals surface area contributed by atoms with Crippen molar-refractivity contribution < 1.29 is 13.9 Å². The quantitative estimate of drug-likeness (QED) is 0.626. The molecule has 3 heteroatoms. The molecule has 0 aromatic heterocycles. The standard InChI is InChI=1S/C18H13FO2/c19-16-7-3-2-6-15(16)17(20)10-9-13-11-14-5-1-4-8-18(14)21-12-13/h1-11H,12H2/b10-9+. The van der Waals surface area contributed by atoms with Gasteiger partial charge in [-0.05, 0) is 35.9 Å². The lowest BCUT2D eigenvalue weighted by atomic mass is 10.1. The Labute approximate surface area is 122 Å². The van der Waals surface area contributed by atoms with Crippen LogP contribution in [0.15, 0.2) is 66.3 Å². The van der Waals surface area contributed by atoms with Gasteiger partial charge in [0.2, 0.25) is 0 Å². The van der Waals surface area contributed by atoms with Gasteiger partial charge in [-0.2, -0.15) is 0 Å². The number of para-hydroxylation sites is 1. The summed E-state index contributed by atoms with van der Waals surface area (Å²) in [6.45, 7) is 0.401. The third kappa shape index (κ3) is 2.92. The second-order valence-corrected chi connectivity index (χ2v) is 4.72. The van der Waals surface area contributed by atoms with Crippen LogP contribution in [0.25, 0.3) is 6.08 Å². The highest BCUT2D eigenvalue weighted by molar-refractivity contribution is 6.05. The minimum Gasteiger partial charge on any atom is -0.488 e. The van der Waals surface area contributed by atoms with Crippen molar-refractivity contribution >= 4 is 11.9 Å². The fraction of sp³-hybridized carbons (Fsp3) is 0.0556. The van der Waals surface area contributed by atoms with E-state index in [1.165, 1.54) is 18.2 Å². The Kier molecular flexibility index (Phi) is 3.65. The van der Waals surface area contributed by atoms with Crippen molar-refractivity contribution in [1.29, 1.82) is 0 Å². The van der Waals surface area contributed by atoms with Crippen LogP contribution in [-0.4, -0.2) is 12.4 Å². The van der Waals surface area contributed by atoms with E-state index in [2.05, 4.69) is 0 Å². The van der Waals surface area contributed by atoms with Gasteiger partial charge < -0.3 is 4.74 Å². The molecule has 0 bridgehead atoms. The number of halogens is 1. The normalized spacial score (nSPS) is 13.5. The highest BCUT2D eigenvalue weighted by Gasteiger charge is 2.10. The Morgan fingerprint density at radius 2 is 1.86 bits per heavy atom. The summed E-state index contributed by atoms with van der Waals surface area (Å²) in [5.41, 5.74) is 1.92. The molecule has 2 aromatic rings. The zero-order valence-corrected chi connectivity index (χ0v) is 11.3. The van der Waals surface area contributed by atoms with E-state index in [1.54, 1.807) is 18.2 Å². The molecular weight excluding hydrogens is 267 g/mol. The highest BCUT2D eigenvalue weighted by Crippen LogP contribution is 2.26. The molecule has 21 heavy (non-hydrogen) atoms. The lowest BCUT2D eigenvalue weighted by molar-refractivity contribution is 0.104. The summed E-state index contributed by atoms with van der Waals surface area (Å²) in [4.78, 5) is 12.0. The number of carbonyl (C=O) groups excluding carboxylic acids is 1. The van der Waals surface area contributed by atoms with Crippen LogP contribution in [0.4, 0.5) is 4.39 Å². The fourth-order valence-corrected chi connectivity index (χ4v) is 2.16. The molecule has 0 saturated heterocycles. The van der Waals surface area contributed by atoms with Gasteiger partial charge in [-0.1, -0.05) is 36.4 Å². The van der Waals surface area contributed by atoms with E-state index in [-0.39, 0.29) is 11.3 Å². The van der Waals surface area contributed by atoms with E-state index in [0.717, 1.165) is 16.9 Å². The minimum absolute atomic E-state index is 0.0754.